The Morgan fingerprint density at radius 2 is 1.81 bits per heavy atom. The number of furan rings is 1. The molecular weight excluding hydrogens is 468 g/mol. The first kappa shape index (κ1) is 24.8. The molecule has 1 aliphatic rings. The predicted octanol–water partition coefficient (Wildman–Crippen LogP) is 4.21. The topological polar surface area (TPSA) is 88.7 Å². The average molecular weight is 501 g/mol. The number of carbonyl (C=O) groups is 2. The number of aryl methyl sites for hydroxylation is 2. The molecule has 2 N–H and O–H groups in total. The summed E-state index contributed by atoms with van der Waals surface area (Å²) >= 11 is 0. The zero-order valence-corrected chi connectivity index (χ0v) is 21.3. The molecule has 192 valence electrons. The minimum Gasteiger partial charge on any atom is -0.459 e. The Morgan fingerprint density at radius 3 is 2.59 bits per heavy atom. The monoisotopic (exact) mass is 500 g/mol. The molecule has 1 saturated heterocycles. The molecule has 1 fully saturated rings. The molecule has 5 rings (SSSR count). The van der Waals surface area contributed by atoms with Crippen molar-refractivity contribution in [2.24, 2.45) is 0 Å². The van der Waals surface area contributed by atoms with Crippen molar-refractivity contribution < 1.29 is 18.7 Å². The number of anilines is 1. The lowest BCUT2D eigenvalue weighted by Crippen LogP contribution is -2.41. The van der Waals surface area contributed by atoms with Gasteiger partial charge in [0.25, 0.3) is 11.8 Å². The van der Waals surface area contributed by atoms with E-state index in [9.17, 15) is 9.59 Å². The van der Waals surface area contributed by atoms with Crippen LogP contribution in [0.4, 0.5) is 5.69 Å². The minimum atomic E-state index is -0.319. The molecule has 0 unspecified atom stereocenters. The highest BCUT2D eigenvalue weighted by molar-refractivity contribution is 6.04. The zero-order chi connectivity index (χ0) is 25.8. The molecule has 1 aliphatic heterocycles. The molecule has 8 nitrogen and oxygen atoms in total. The van der Waals surface area contributed by atoms with Gasteiger partial charge >= 0.3 is 0 Å². The maximum absolute atomic E-state index is 13.4. The van der Waals surface area contributed by atoms with E-state index in [2.05, 4.69) is 52.1 Å². The fourth-order valence-corrected chi connectivity index (χ4v) is 4.69. The van der Waals surface area contributed by atoms with Crippen LogP contribution in [0.1, 0.15) is 37.7 Å². The van der Waals surface area contributed by atoms with E-state index in [0.29, 0.717) is 24.5 Å². The van der Waals surface area contributed by atoms with Crippen molar-refractivity contribution in [2.75, 3.05) is 44.7 Å². The van der Waals surface area contributed by atoms with Crippen LogP contribution in [-0.4, -0.2) is 60.7 Å². The number of hydrogen-bond donors (Lipinski definition) is 2. The first-order chi connectivity index (χ1) is 18.0. The number of benzene rings is 2. The fourth-order valence-electron chi connectivity index (χ4n) is 4.69. The Balaban J connectivity index is 1.42. The quantitative estimate of drug-likeness (QED) is 0.378. The lowest BCUT2D eigenvalue weighted by molar-refractivity contribution is 0.0383. The Bertz CT molecular complexity index is 1400. The van der Waals surface area contributed by atoms with E-state index < -0.39 is 0 Å². The summed E-state index contributed by atoms with van der Waals surface area (Å²) < 4.78 is 12.7. The number of nitrogens with one attached hydrogen (secondary N) is 2. The van der Waals surface area contributed by atoms with Gasteiger partial charge in [0.1, 0.15) is 5.69 Å². The molecule has 0 atom stereocenters. The van der Waals surface area contributed by atoms with Crippen molar-refractivity contribution in [3.05, 3.63) is 89.0 Å². The molecule has 0 spiro atoms. The third-order valence-corrected chi connectivity index (χ3v) is 6.79. The first-order valence-electron chi connectivity index (χ1n) is 12.6. The van der Waals surface area contributed by atoms with Crippen molar-refractivity contribution in [3.63, 3.8) is 0 Å². The molecule has 0 bridgehead atoms. The van der Waals surface area contributed by atoms with Crippen LogP contribution in [0.5, 0.6) is 0 Å². The van der Waals surface area contributed by atoms with Crippen LogP contribution in [0.3, 0.4) is 0 Å². The second-order valence-electron chi connectivity index (χ2n) is 9.46. The van der Waals surface area contributed by atoms with Crippen molar-refractivity contribution in [1.29, 1.82) is 0 Å². The second kappa shape index (κ2) is 11.0. The summed E-state index contributed by atoms with van der Waals surface area (Å²) in [5.74, 6) is -0.191. The summed E-state index contributed by atoms with van der Waals surface area (Å²) in [7, 11) is 0. The standard InChI is InChI=1S/C29H32N4O4/c1-20-5-6-21(2)23(16-20)19-33-25-8-7-24(31-29(35)27-4-3-13-37-27)17-22(25)18-26(33)28(34)30-9-10-32-11-14-36-15-12-32/h3-8,13,16-18H,9-12,14-15,19H2,1-2H3,(H,30,34)(H,31,35). The highest BCUT2D eigenvalue weighted by Gasteiger charge is 2.18. The second-order valence-corrected chi connectivity index (χ2v) is 9.46. The summed E-state index contributed by atoms with van der Waals surface area (Å²) in [5, 5.41) is 6.85. The van der Waals surface area contributed by atoms with E-state index in [1.807, 2.05) is 24.3 Å². The predicted molar refractivity (Wildman–Crippen MR) is 143 cm³/mol. The first-order valence-corrected chi connectivity index (χ1v) is 12.6. The van der Waals surface area contributed by atoms with Gasteiger partial charge in [-0.2, -0.15) is 0 Å². The number of amides is 2. The van der Waals surface area contributed by atoms with Crippen LogP contribution in [0, 0.1) is 13.8 Å². The normalized spacial score (nSPS) is 14.1. The molecule has 3 heterocycles. The van der Waals surface area contributed by atoms with E-state index in [0.717, 1.165) is 49.3 Å². The molecule has 37 heavy (non-hydrogen) atoms. The Hall–Kier alpha value is -3.88. The van der Waals surface area contributed by atoms with Crippen LogP contribution in [-0.2, 0) is 11.3 Å². The maximum Gasteiger partial charge on any atom is 0.291 e. The van der Waals surface area contributed by atoms with Crippen LogP contribution in [0.2, 0.25) is 0 Å². The Kier molecular flexibility index (Phi) is 7.39. The molecule has 2 aromatic carbocycles. The van der Waals surface area contributed by atoms with Crippen LogP contribution in [0.15, 0.2) is 65.3 Å². The largest absolute Gasteiger partial charge is 0.459 e. The number of hydrogen-bond acceptors (Lipinski definition) is 5. The summed E-state index contributed by atoms with van der Waals surface area (Å²) in [4.78, 5) is 28.1. The molecule has 0 radical (unpaired) electrons. The van der Waals surface area contributed by atoms with Crippen molar-refractivity contribution in [3.8, 4) is 0 Å². The van der Waals surface area contributed by atoms with E-state index >= 15 is 0 Å². The lowest BCUT2D eigenvalue weighted by Gasteiger charge is -2.26. The molecule has 2 aromatic heterocycles. The number of morpholine rings is 1. The van der Waals surface area contributed by atoms with E-state index in [1.54, 1.807) is 12.1 Å². The van der Waals surface area contributed by atoms with Gasteiger partial charge in [-0.05, 0) is 61.4 Å². The third-order valence-electron chi connectivity index (χ3n) is 6.79. The maximum atomic E-state index is 13.4. The number of fused-ring (bicyclic) bond motifs is 1. The summed E-state index contributed by atoms with van der Waals surface area (Å²) in [6.45, 7) is 9.32. The number of ether oxygens (including phenoxy) is 1. The van der Waals surface area contributed by atoms with Crippen molar-refractivity contribution in [1.82, 2.24) is 14.8 Å². The minimum absolute atomic E-state index is 0.115. The number of carbonyl (C=O) groups excluding carboxylic acids is 2. The number of aromatic nitrogens is 1. The Labute approximate surface area is 216 Å². The van der Waals surface area contributed by atoms with Gasteiger partial charge in [-0.3, -0.25) is 14.5 Å². The Morgan fingerprint density at radius 1 is 0.973 bits per heavy atom. The van der Waals surface area contributed by atoms with Crippen molar-refractivity contribution >= 4 is 28.4 Å². The third kappa shape index (κ3) is 5.76. The number of nitrogens with zero attached hydrogens (tertiary/aromatic N) is 2. The van der Waals surface area contributed by atoms with Gasteiger partial charge < -0.3 is 24.4 Å². The fraction of sp³-hybridized carbons (Fsp3) is 0.310. The van der Waals surface area contributed by atoms with Gasteiger partial charge in [0, 0.05) is 49.3 Å². The van der Waals surface area contributed by atoms with Crippen LogP contribution >= 0.6 is 0 Å². The van der Waals surface area contributed by atoms with Gasteiger partial charge in [-0.1, -0.05) is 23.8 Å². The summed E-state index contributed by atoms with van der Waals surface area (Å²) in [5.41, 5.74) is 5.67. The van der Waals surface area contributed by atoms with Gasteiger partial charge in [-0.15, -0.1) is 0 Å². The summed E-state index contributed by atoms with van der Waals surface area (Å²) in [6, 6.07) is 17.3. The van der Waals surface area contributed by atoms with E-state index in [1.165, 1.54) is 17.4 Å². The molecule has 0 aliphatic carbocycles. The van der Waals surface area contributed by atoms with Gasteiger partial charge in [0.05, 0.1) is 19.5 Å². The molecule has 2 amide bonds. The van der Waals surface area contributed by atoms with Gasteiger partial charge in [0.2, 0.25) is 0 Å². The van der Waals surface area contributed by atoms with Crippen LogP contribution in [0.25, 0.3) is 10.9 Å². The van der Waals surface area contributed by atoms with E-state index in [-0.39, 0.29) is 17.6 Å². The molecule has 0 saturated carbocycles. The average Bonchev–Trinajstić information content (AvgIpc) is 3.56. The highest BCUT2D eigenvalue weighted by atomic mass is 16.5. The molecule has 4 aromatic rings. The summed E-state index contributed by atoms with van der Waals surface area (Å²) in [6.07, 6.45) is 1.47. The van der Waals surface area contributed by atoms with Gasteiger partial charge in [-0.25, -0.2) is 0 Å². The lowest BCUT2D eigenvalue weighted by atomic mass is 10.1. The molecule has 8 heteroatoms. The van der Waals surface area contributed by atoms with E-state index in [4.69, 9.17) is 9.15 Å². The zero-order valence-electron chi connectivity index (χ0n) is 21.3. The van der Waals surface area contributed by atoms with Gasteiger partial charge in [0.15, 0.2) is 5.76 Å². The SMILES string of the molecule is Cc1ccc(C)c(Cn2c(C(=O)NCCN3CCOCC3)cc3cc(NC(=O)c4ccco4)ccc32)c1. The number of rotatable bonds is 8. The highest BCUT2D eigenvalue weighted by Crippen LogP contribution is 2.26. The van der Waals surface area contributed by atoms with Crippen molar-refractivity contribution in [2.45, 2.75) is 20.4 Å². The molecular formula is C29H32N4O4. The smallest absolute Gasteiger partial charge is 0.291 e. The van der Waals surface area contributed by atoms with Crippen LogP contribution < -0.4 is 10.6 Å².